The van der Waals surface area contributed by atoms with Crippen molar-refractivity contribution in [1.82, 2.24) is 18.7 Å². The zero-order chi connectivity index (χ0) is 20.1. The first-order chi connectivity index (χ1) is 11.7. The molecule has 0 aliphatic rings. The van der Waals surface area contributed by atoms with Crippen LogP contribution in [0.2, 0.25) is 0 Å². The van der Waals surface area contributed by atoms with Gasteiger partial charge in [-0.2, -0.15) is 0 Å². The molecule has 20 heavy (non-hydrogen) atoms. The van der Waals surface area contributed by atoms with Crippen molar-refractivity contribution in [1.29, 1.82) is 0 Å². The van der Waals surface area contributed by atoms with Crippen molar-refractivity contribution >= 4 is 11.2 Å². The molecular weight excluding hydrogens is 260 g/mol. The molecule has 7 heteroatoms. The van der Waals surface area contributed by atoms with E-state index in [-0.39, 0.29) is 30.6 Å². The molecule has 1 N–H and O–H groups in total. The topological polar surface area (TPSA) is 82.0 Å². The summed E-state index contributed by atoms with van der Waals surface area (Å²) in [6.07, 6.45) is -3.73. The molecule has 0 amide bonds. The van der Waals surface area contributed by atoms with Crippen molar-refractivity contribution in [2.75, 3.05) is 0 Å². The minimum Gasteiger partial charge on any atom is -0.393 e. The van der Waals surface area contributed by atoms with E-state index in [1.807, 2.05) is 0 Å². The third kappa shape index (κ3) is 2.53. The number of imidazole rings is 1. The molecule has 0 bridgehead atoms. The number of rotatable bonds is 5. The first kappa shape index (κ1) is 8.41. The normalized spacial score (nSPS) is 20.4. The van der Waals surface area contributed by atoms with Crippen LogP contribution in [0.5, 0.6) is 0 Å². The van der Waals surface area contributed by atoms with Crippen LogP contribution in [0.3, 0.4) is 0 Å². The molecule has 0 saturated carbocycles. The van der Waals surface area contributed by atoms with Gasteiger partial charge >= 0.3 is 5.69 Å². The number of nitrogens with zero attached hydrogens (tertiary/aromatic N) is 4. The van der Waals surface area contributed by atoms with Gasteiger partial charge in [-0.1, -0.05) is 0 Å². The molecule has 0 radical (unpaired) electrons. The smallest absolute Gasteiger partial charge is 0.332 e. The molecule has 2 heterocycles. The van der Waals surface area contributed by atoms with Crippen LogP contribution in [0.15, 0.2) is 15.9 Å². The van der Waals surface area contributed by atoms with Crippen LogP contribution < -0.4 is 11.2 Å². The van der Waals surface area contributed by atoms with Gasteiger partial charge in [0.05, 0.1) is 13.8 Å². The summed E-state index contributed by atoms with van der Waals surface area (Å²) < 4.78 is 47.9. The van der Waals surface area contributed by atoms with E-state index < -0.39 is 30.7 Å². The number of hydrogen-bond donors (Lipinski definition) is 1. The highest BCUT2D eigenvalue weighted by Crippen LogP contribution is 2.04. The molecular formula is C13H20N4O3. The van der Waals surface area contributed by atoms with Crippen molar-refractivity contribution in [3.05, 3.63) is 27.2 Å². The molecule has 2 aromatic heterocycles. The Kier molecular flexibility index (Phi) is 2.36. The van der Waals surface area contributed by atoms with E-state index in [1.54, 1.807) is 0 Å². The van der Waals surface area contributed by atoms with Gasteiger partial charge in [-0.05, 0) is 26.1 Å². The maximum Gasteiger partial charge on any atom is 0.332 e. The van der Waals surface area contributed by atoms with Gasteiger partial charge in [-0.3, -0.25) is 13.9 Å². The van der Waals surface area contributed by atoms with Crippen LogP contribution in [-0.2, 0) is 20.6 Å². The second kappa shape index (κ2) is 5.62. The third-order valence-electron chi connectivity index (χ3n) is 2.94. The fourth-order valence-corrected chi connectivity index (χ4v) is 1.96. The highest BCUT2D eigenvalue weighted by molar-refractivity contribution is 5.69. The lowest BCUT2D eigenvalue weighted by Gasteiger charge is -2.09. The average molecular weight is 286 g/mol. The van der Waals surface area contributed by atoms with E-state index in [9.17, 15) is 14.7 Å². The molecule has 2 rings (SSSR count). The predicted octanol–water partition coefficient (Wildman–Crippen LogP) is -0.0152. The highest BCUT2D eigenvalue weighted by atomic mass is 16.3. The van der Waals surface area contributed by atoms with E-state index in [0.29, 0.717) is 9.13 Å². The average Bonchev–Trinajstić information content (AvgIpc) is 2.81. The second-order valence-electron chi connectivity index (χ2n) is 4.47. The van der Waals surface area contributed by atoms with Crippen LogP contribution in [0, 0.1) is 0 Å². The predicted molar refractivity (Wildman–Crippen MR) is 75.7 cm³/mol. The second-order valence-corrected chi connectivity index (χ2v) is 4.47. The lowest BCUT2D eigenvalue weighted by molar-refractivity contribution is 0.180. The summed E-state index contributed by atoms with van der Waals surface area (Å²) in [7, 11) is 1.49. The SMILES string of the molecule is [2H]C([2H])([2H])n1c(=O)n(CCCC([2H])([2H])[C@@]([2H])(C)O)c(=O)c2c1ncn2C. The number of hydrogen-bond acceptors (Lipinski definition) is 4. The van der Waals surface area contributed by atoms with Crippen molar-refractivity contribution in [2.24, 2.45) is 14.0 Å². The Balaban J connectivity index is 2.50. The van der Waals surface area contributed by atoms with Crippen molar-refractivity contribution in [2.45, 2.75) is 38.8 Å². The van der Waals surface area contributed by atoms with Crippen LogP contribution in [-0.4, -0.2) is 29.9 Å². The zero-order valence-electron chi connectivity index (χ0n) is 17.3. The summed E-state index contributed by atoms with van der Waals surface area (Å²) in [5.41, 5.74) is -2.11. The maximum atomic E-state index is 12.6. The summed E-state index contributed by atoms with van der Waals surface area (Å²) in [6, 6.07) is 0. The molecule has 0 aromatic carbocycles. The summed E-state index contributed by atoms with van der Waals surface area (Å²) >= 11 is 0. The summed E-state index contributed by atoms with van der Waals surface area (Å²) in [6.45, 7) is -2.11. The standard InChI is InChI=1S/C13H20N4O3/c1-9(18)6-4-5-7-17-12(19)10-11(14-8-15(10)2)16(3)13(17)20/h8-9,18H,4-7H2,1-3H3/t9-/m1/s1/i3D3,6D2,9D. The van der Waals surface area contributed by atoms with Crippen molar-refractivity contribution < 1.29 is 13.3 Å². The number of aliphatic hydroxyl groups is 1. The molecule has 110 valence electrons. The molecule has 0 aliphatic carbocycles. The Morgan fingerprint density at radius 1 is 1.55 bits per heavy atom. The quantitative estimate of drug-likeness (QED) is 0.838. The van der Waals surface area contributed by atoms with E-state index in [2.05, 4.69) is 4.98 Å². The molecule has 1 atom stereocenters. The Morgan fingerprint density at radius 2 is 2.30 bits per heavy atom. The van der Waals surface area contributed by atoms with E-state index in [1.165, 1.54) is 17.9 Å². The molecule has 0 fully saturated rings. The molecule has 0 aliphatic heterocycles. The van der Waals surface area contributed by atoms with E-state index in [0.717, 1.165) is 6.92 Å². The van der Waals surface area contributed by atoms with Crippen LogP contribution >= 0.6 is 0 Å². The van der Waals surface area contributed by atoms with Crippen LogP contribution in [0.25, 0.3) is 11.2 Å². The fraction of sp³-hybridized carbons (Fsp3) is 0.615. The Labute approximate surface area is 124 Å². The van der Waals surface area contributed by atoms with Gasteiger partial charge in [0, 0.05) is 27.4 Å². The van der Waals surface area contributed by atoms with E-state index >= 15 is 0 Å². The molecule has 2 aromatic rings. The Hall–Kier alpha value is -1.89. The van der Waals surface area contributed by atoms with Crippen LogP contribution in [0.4, 0.5) is 0 Å². The minimum absolute atomic E-state index is 0.0540. The van der Waals surface area contributed by atoms with Gasteiger partial charge in [0.15, 0.2) is 11.2 Å². The largest absolute Gasteiger partial charge is 0.393 e. The van der Waals surface area contributed by atoms with Gasteiger partial charge < -0.3 is 9.67 Å². The van der Waals surface area contributed by atoms with E-state index in [4.69, 9.17) is 8.22 Å². The van der Waals surface area contributed by atoms with Gasteiger partial charge in [-0.15, -0.1) is 0 Å². The van der Waals surface area contributed by atoms with Crippen molar-refractivity contribution in [3.8, 4) is 0 Å². The summed E-state index contributed by atoms with van der Waals surface area (Å²) in [4.78, 5) is 29.0. The Morgan fingerprint density at radius 3 is 2.95 bits per heavy atom. The zero-order valence-corrected chi connectivity index (χ0v) is 11.3. The van der Waals surface area contributed by atoms with Crippen LogP contribution in [0.1, 0.15) is 34.4 Å². The number of aryl methyl sites for hydroxylation is 2. The lowest BCUT2D eigenvalue weighted by Crippen LogP contribution is -2.39. The lowest BCUT2D eigenvalue weighted by atomic mass is 10.2. The first-order valence-corrected chi connectivity index (χ1v) is 6.08. The Bertz CT molecular complexity index is 935. The van der Waals surface area contributed by atoms with Gasteiger partial charge in [0.25, 0.3) is 5.56 Å². The van der Waals surface area contributed by atoms with Gasteiger partial charge in [-0.25, -0.2) is 9.78 Å². The number of aromatic nitrogens is 4. The molecule has 7 nitrogen and oxygen atoms in total. The van der Waals surface area contributed by atoms with Gasteiger partial charge in [0.1, 0.15) is 0 Å². The molecule has 0 spiro atoms. The third-order valence-corrected chi connectivity index (χ3v) is 2.94. The number of fused-ring (bicyclic) bond motifs is 1. The fourth-order valence-electron chi connectivity index (χ4n) is 1.96. The highest BCUT2D eigenvalue weighted by Gasteiger charge is 2.14. The molecule has 0 saturated heterocycles. The van der Waals surface area contributed by atoms with Crippen molar-refractivity contribution in [3.63, 3.8) is 0 Å². The maximum absolute atomic E-state index is 12.6. The first-order valence-electron chi connectivity index (χ1n) is 9.08. The summed E-state index contributed by atoms with van der Waals surface area (Å²) in [5.74, 6) is 0. The summed E-state index contributed by atoms with van der Waals surface area (Å²) in [5, 5.41) is 9.52. The minimum atomic E-state index is -2.85. The monoisotopic (exact) mass is 286 g/mol. The molecule has 0 unspecified atom stereocenters. The van der Waals surface area contributed by atoms with Gasteiger partial charge in [0.2, 0.25) is 0 Å².